The third-order valence-electron chi connectivity index (χ3n) is 2.78. The van der Waals surface area contributed by atoms with E-state index in [1.165, 1.54) is 18.4 Å². The van der Waals surface area contributed by atoms with Crippen LogP contribution in [0.1, 0.15) is 24.0 Å². The minimum Gasteiger partial charge on any atom is -0.370 e. The first-order chi connectivity index (χ1) is 6.83. The smallest absolute Gasteiger partial charge is 0.101 e. The first kappa shape index (κ1) is 9.08. The fourth-order valence-corrected chi connectivity index (χ4v) is 2.11. The number of nitrogens with zero attached hydrogens (tertiary/aromatic N) is 2. The molecule has 1 heterocycles. The summed E-state index contributed by atoms with van der Waals surface area (Å²) < 4.78 is 0. The lowest BCUT2D eigenvalue weighted by molar-refractivity contribution is 0.949. The molecule has 0 aromatic heterocycles. The summed E-state index contributed by atoms with van der Waals surface area (Å²) in [5.41, 5.74) is 3.17. The normalized spacial score (nSPS) is 15.6. The summed E-state index contributed by atoms with van der Waals surface area (Å²) in [7, 11) is 0. The van der Waals surface area contributed by atoms with Gasteiger partial charge in [0.1, 0.15) is 6.07 Å². The predicted molar refractivity (Wildman–Crippen MR) is 57.3 cm³/mol. The van der Waals surface area contributed by atoms with Gasteiger partial charge in [0.25, 0.3) is 0 Å². The zero-order valence-electron chi connectivity index (χ0n) is 8.45. The zero-order chi connectivity index (χ0) is 9.97. The number of hydrogen-bond donors (Lipinski definition) is 0. The van der Waals surface area contributed by atoms with E-state index < -0.39 is 0 Å². The second-order valence-corrected chi connectivity index (χ2v) is 3.78. The molecule has 0 unspecified atom stereocenters. The van der Waals surface area contributed by atoms with Crippen LogP contribution in [0.15, 0.2) is 18.2 Å². The third kappa shape index (κ3) is 1.46. The fraction of sp³-hybridized carbons (Fsp3) is 0.417. The van der Waals surface area contributed by atoms with Crippen LogP contribution in [0.3, 0.4) is 0 Å². The van der Waals surface area contributed by atoms with E-state index in [0.717, 1.165) is 24.3 Å². The second kappa shape index (κ2) is 3.71. The predicted octanol–water partition coefficient (Wildman–Crippen LogP) is 2.47. The molecule has 2 rings (SSSR count). The van der Waals surface area contributed by atoms with Crippen LogP contribution < -0.4 is 4.90 Å². The standard InChI is InChI=1S/C12H14N2/c1-10-5-4-6-11(9-13)12(10)14-7-2-3-8-14/h4-6H,2-3,7-8H2,1H3. The lowest BCUT2D eigenvalue weighted by Crippen LogP contribution is -2.19. The zero-order valence-corrected chi connectivity index (χ0v) is 8.45. The van der Waals surface area contributed by atoms with E-state index in [1.807, 2.05) is 12.1 Å². The Balaban J connectivity index is 2.44. The average molecular weight is 186 g/mol. The molecule has 0 radical (unpaired) electrons. The largest absolute Gasteiger partial charge is 0.370 e. The molecule has 1 fully saturated rings. The number of rotatable bonds is 1. The van der Waals surface area contributed by atoms with Crippen molar-refractivity contribution in [1.82, 2.24) is 0 Å². The molecular formula is C12H14N2. The van der Waals surface area contributed by atoms with E-state index in [4.69, 9.17) is 5.26 Å². The van der Waals surface area contributed by atoms with Gasteiger partial charge < -0.3 is 4.90 Å². The van der Waals surface area contributed by atoms with Gasteiger partial charge in [-0.1, -0.05) is 12.1 Å². The van der Waals surface area contributed by atoms with Gasteiger partial charge in [0.05, 0.1) is 11.3 Å². The van der Waals surface area contributed by atoms with Gasteiger partial charge in [-0.15, -0.1) is 0 Å². The summed E-state index contributed by atoms with van der Waals surface area (Å²) in [4.78, 5) is 2.33. The molecule has 0 N–H and O–H groups in total. The minimum atomic E-state index is 0.812. The Labute approximate surface area is 84.8 Å². The molecule has 1 saturated heterocycles. The molecule has 0 spiro atoms. The summed E-state index contributed by atoms with van der Waals surface area (Å²) in [6.45, 7) is 4.27. The highest BCUT2D eigenvalue weighted by molar-refractivity contribution is 5.64. The van der Waals surface area contributed by atoms with Crippen molar-refractivity contribution in [2.24, 2.45) is 0 Å². The van der Waals surface area contributed by atoms with E-state index in [9.17, 15) is 0 Å². The van der Waals surface area contributed by atoms with Gasteiger partial charge in [-0.2, -0.15) is 5.26 Å². The number of anilines is 1. The molecule has 0 saturated carbocycles. The molecule has 0 atom stereocenters. The number of benzene rings is 1. The van der Waals surface area contributed by atoms with E-state index in [2.05, 4.69) is 24.0 Å². The molecule has 1 aromatic rings. The first-order valence-corrected chi connectivity index (χ1v) is 5.07. The Hall–Kier alpha value is -1.49. The van der Waals surface area contributed by atoms with Gasteiger partial charge in [-0.3, -0.25) is 0 Å². The molecule has 2 nitrogen and oxygen atoms in total. The maximum Gasteiger partial charge on any atom is 0.101 e. The highest BCUT2D eigenvalue weighted by Gasteiger charge is 2.17. The van der Waals surface area contributed by atoms with Crippen LogP contribution in [0.4, 0.5) is 5.69 Å². The summed E-state index contributed by atoms with van der Waals surface area (Å²) >= 11 is 0. The Kier molecular flexibility index (Phi) is 2.41. The van der Waals surface area contributed by atoms with Crippen LogP contribution in [-0.2, 0) is 0 Å². The molecule has 1 aromatic carbocycles. The fourth-order valence-electron chi connectivity index (χ4n) is 2.11. The van der Waals surface area contributed by atoms with Gasteiger partial charge in [0.2, 0.25) is 0 Å². The maximum absolute atomic E-state index is 9.03. The van der Waals surface area contributed by atoms with Crippen LogP contribution in [0, 0.1) is 18.3 Å². The Bertz CT molecular complexity index is 370. The van der Waals surface area contributed by atoms with E-state index in [1.54, 1.807) is 0 Å². The SMILES string of the molecule is Cc1cccc(C#N)c1N1CCCC1. The molecular weight excluding hydrogens is 172 g/mol. The van der Waals surface area contributed by atoms with Crippen LogP contribution in [-0.4, -0.2) is 13.1 Å². The van der Waals surface area contributed by atoms with E-state index in [-0.39, 0.29) is 0 Å². The number of nitriles is 1. The molecule has 0 aliphatic carbocycles. The van der Waals surface area contributed by atoms with Crippen molar-refractivity contribution in [2.75, 3.05) is 18.0 Å². The Morgan fingerprint density at radius 1 is 1.29 bits per heavy atom. The molecule has 1 aliphatic heterocycles. The lowest BCUT2D eigenvalue weighted by Gasteiger charge is -2.21. The van der Waals surface area contributed by atoms with Gasteiger partial charge in [0, 0.05) is 13.1 Å². The third-order valence-corrected chi connectivity index (χ3v) is 2.78. The van der Waals surface area contributed by atoms with Gasteiger partial charge in [0.15, 0.2) is 0 Å². The highest BCUT2D eigenvalue weighted by Crippen LogP contribution is 2.27. The quantitative estimate of drug-likeness (QED) is 0.673. The number of aryl methyl sites for hydroxylation is 1. The molecule has 14 heavy (non-hydrogen) atoms. The van der Waals surface area contributed by atoms with Crippen molar-refractivity contribution in [2.45, 2.75) is 19.8 Å². The number of para-hydroxylation sites is 1. The second-order valence-electron chi connectivity index (χ2n) is 3.78. The average Bonchev–Trinajstić information content (AvgIpc) is 2.70. The van der Waals surface area contributed by atoms with Gasteiger partial charge >= 0.3 is 0 Å². The van der Waals surface area contributed by atoms with Crippen molar-refractivity contribution >= 4 is 5.69 Å². The minimum absolute atomic E-state index is 0.812. The maximum atomic E-state index is 9.03. The summed E-state index contributed by atoms with van der Waals surface area (Å²) in [6.07, 6.45) is 2.50. The Morgan fingerprint density at radius 2 is 2.00 bits per heavy atom. The van der Waals surface area contributed by atoms with Crippen molar-refractivity contribution in [3.63, 3.8) is 0 Å². The van der Waals surface area contributed by atoms with Crippen molar-refractivity contribution in [3.05, 3.63) is 29.3 Å². The first-order valence-electron chi connectivity index (χ1n) is 5.07. The summed E-state index contributed by atoms with van der Waals surface area (Å²) in [5.74, 6) is 0. The molecule has 72 valence electrons. The van der Waals surface area contributed by atoms with E-state index >= 15 is 0 Å². The van der Waals surface area contributed by atoms with E-state index in [0.29, 0.717) is 0 Å². The highest BCUT2D eigenvalue weighted by atomic mass is 15.1. The topological polar surface area (TPSA) is 27.0 Å². The van der Waals surface area contributed by atoms with Crippen molar-refractivity contribution in [3.8, 4) is 6.07 Å². The van der Waals surface area contributed by atoms with Crippen LogP contribution in [0.5, 0.6) is 0 Å². The summed E-state index contributed by atoms with van der Waals surface area (Å²) in [6, 6.07) is 8.20. The monoisotopic (exact) mass is 186 g/mol. The molecule has 0 amide bonds. The van der Waals surface area contributed by atoms with Crippen molar-refractivity contribution < 1.29 is 0 Å². The van der Waals surface area contributed by atoms with Crippen LogP contribution in [0.25, 0.3) is 0 Å². The van der Waals surface area contributed by atoms with Gasteiger partial charge in [-0.25, -0.2) is 0 Å². The number of hydrogen-bond acceptors (Lipinski definition) is 2. The van der Waals surface area contributed by atoms with Crippen molar-refractivity contribution in [1.29, 1.82) is 5.26 Å². The van der Waals surface area contributed by atoms with Crippen LogP contribution >= 0.6 is 0 Å². The summed E-state index contributed by atoms with van der Waals surface area (Å²) in [5, 5.41) is 9.03. The Morgan fingerprint density at radius 3 is 2.64 bits per heavy atom. The molecule has 0 bridgehead atoms. The lowest BCUT2D eigenvalue weighted by atomic mass is 10.1. The molecule has 2 heteroatoms. The van der Waals surface area contributed by atoms with Crippen LogP contribution in [0.2, 0.25) is 0 Å². The molecule has 1 aliphatic rings. The van der Waals surface area contributed by atoms with Gasteiger partial charge in [-0.05, 0) is 31.4 Å².